The smallest absolute Gasteiger partial charge is 0.371 e. The summed E-state index contributed by atoms with van der Waals surface area (Å²) in [6.07, 6.45) is 13.1. The van der Waals surface area contributed by atoms with Crippen LogP contribution in [-0.2, 0) is 0 Å². The molecule has 0 aliphatic heterocycles. The Hall–Kier alpha value is -0.903. The SMILES string of the molecule is CCC.CN(c1ccccc1)C1CCC2C=CC=CC21.[Li+]. The van der Waals surface area contributed by atoms with Crippen molar-refractivity contribution in [3.63, 3.8) is 0 Å². The number of para-hydroxylation sites is 1. The van der Waals surface area contributed by atoms with Gasteiger partial charge in [-0.2, -0.15) is 0 Å². The Kier molecular flexibility index (Phi) is 7.94. The second-order valence-electron chi connectivity index (χ2n) is 5.81. The number of hydrogen-bond donors (Lipinski definition) is 0. The van der Waals surface area contributed by atoms with Crippen LogP contribution in [-0.4, -0.2) is 13.1 Å². The summed E-state index contributed by atoms with van der Waals surface area (Å²) >= 11 is 0. The molecule has 0 aromatic heterocycles. The van der Waals surface area contributed by atoms with Crippen LogP contribution in [0, 0.1) is 11.8 Å². The number of hydrogen-bond acceptors (Lipinski definition) is 1. The van der Waals surface area contributed by atoms with E-state index in [-0.39, 0.29) is 18.9 Å². The molecule has 0 heterocycles. The van der Waals surface area contributed by atoms with Crippen molar-refractivity contribution >= 4 is 5.69 Å². The van der Waals surface area contributed by atoms with Gasteiger partial charge in [-0.1, -0.05) is 62.8 Å². The molecule has 2 heteroatoms. The molecule has 21 heavy (non-hydrogen) atoms. The summed E-state index contributed by atoms with van der Waals surface area (Å²) in [7, 11) is 2.23. The number of rotatable bonds is 2. The molecule has 2 aliphatic rings. The van der Waals surface area contributed by atoms with Gasteiger partial charge in [-0.15, -0.1) is 0 Å². The second kappa shape index (κ2) is 9.18. The summed E-state index contributed by atoms with van der Waals surface area (Å²) in [6, 6.07) is 11.4. The van der Waals surface area contributed by atoms with E-state index >= 15 is 0 Å². The first-order valence-corrected chi connectivity index (χ1v) is 7.90. The topological polar surface area (TPSA) is 3.24 Å². The van der Waals surface area contributed by atoms with Crippen LogP contribution in [0.25, 0.3) is 0 Å². The van der Waals surface area contributed by atoms with Crippen molar-refractivity contribution in [2.24, 2.45) is 11.8 Å². The first kappa shape index (κ1) is 18.1. The van der Waals surface area contributed by atoms with Crippen LogP contribution in [0.15, 0.2) is 54.6 Å². The van der Waals surface area contributed by atoms with Gasteiger partial charge < -0.3 is 4.90 Å². The molecule has 0 spiro atoms. The van der Waals surface area contributed by atoms with Crippen molar-refractivity contribution in [1.82, 2.24) is 0 Å². The third-order valence-corrected chi connectivity index (χ3v) is 4.20. The van der Waals surface area contributed by atoms with Gasteiger partial charge >= 0.3 is 18.9 Å². The molecule has 0 radical (unpaired) electrons. The summed E-state index contributed by atoms with van der Waals surface area (Å²) in [5.41, 5.74) is 1.33. The van der Waals surface area contributed by atoms with E-state index in [0.29, 0.717) is 12.0 Å². The third kappa shape index (κ3) is 4.53. The van der Waals surface area contributed by atoms with E-state index < -0.39 is 0 Å². The number of allylic oxidation sites excluding steroid dienone is 3. The molecule has 1 nitrogen and oxygen atoms in total. The summed E-state index contributed by atoms with van der Waals surface area (Å²) in [5, 5.41) is 0. The molecule has 2 aliphatic carbocycles. The molecule has 108 valence electrons. The minimum absolute atomic E-state index is 0. The Morgan fingerprint density at radius 2 is 1.62 bits per heavy atom. The maximum absolute atomic E-state index is 2.45. The molecule has 0 bridgehead atoms. The standard InChI is InChI=1S/C16H19N.C3H8.Li/c1-17(14-8-3-2-4-9-14)16-12-11-13-7-5-6-10-15(13)16;1-3-2;/h2-10,13,15-16H,11-12H2,1H3;3H2,1-2H3;/q;;+1. The minimum atomic E-state index is 0. The molecular weight excluding hydrogens is 249 g/mol. The van der Waals surface area contributed by atoms with E-state index in [2.05, 4.69) is 80.4 Å². The van der Waals surface area contributed by atoms with Crippen LogP contribution >= 0.6 is 0 Å². The Bertz CT molecular complexity index is 452. The van der Waals surface area contributed by atoms with Crippen LogP contribution in [0.1, 0.15) is 33.1 Å². The average molecular weight is 276 g/mol. The van der Waals surface area contributed by atoms with Crippen molar-refractivity contribution in [2.75, 3.05) is 11.9 Å². The van der Waals surface area contributed by atoms with Crippen molar-refractivity contribution in [3.05, 3.63) is 54.6 Å². The van der Waals surface area contributed by atoms with Gasteiger partial charge in [-0.3, -0.25) is 0 Å². The normalized spacial score (nSPS) is 25.4. The first-order valence-electron chi connectivity index (χ1n) is 7.90. The number of benzene rings is 1. The fraction of sp³-hybridized carbons (Fsp3) is 0.474. The molecule has 1 fully saturated rings. The largest absolute Gasteiger partial charge is 1.00 e. The quantitative estimate of drug-likeness (QED) is 0.748. The van der Waals surface area contributed by atoms with Gasteiger partial charge in [0.2, 0.25) is 0 Å². The van der Waals surface area contributed by atoms with E-state index in [4.69, 9.17) is 0 Å². The predicted octanol–water partition coefficient (Wildman–Crippen LogP) is 2.06. The first-order chi connectivity index (χ1) is 9.77. The van der Waals surface area contributed by atoms with Crippen LogP contribution in [0.3, 0.4) is 0 Å². The Balaban J connectivity index is 0.000000510. The summed E-state index contributed by atoms with van der Waals surface area (Å²) in [4.78, 5) is 2.45. The summed E-state index contributed by atoms with van der Waals surface area (Å²) in [6.45, 7) is 4.25. The molecule has 1 aromatic rings. The van der Waals surface area contributed by atoms with E-state index in [1.165, 1.54) is 24.9 Å². The Labute approximate surface area is 142 Å². The maximum atomic E-state index is 2.45. The Morgan fingerprint density at radius 3 is 2.29 bits per heavy atom. The van der Waals surface area contributed by atoms with Gasteiger partial charge in [-0.05, 0) is 30.9 Å². The zero-order valence-electron chi connectivity index (χ0n) is 14.0. The monoisotopic (exact) mass is 276 g/mol. The second-order valence-corrected chi connectivity index (χ2v) is 5.81. The van der Waals surface area contributed by atoms with Crippen LogP contribution in [0.5, 0.6) is 0 Å². The van der Waals surface area contributed by atoms with Gasteiger partial charge in [-0.25, -0.2) is 0 Å². The van der Waals surface area contributed by atoms with Gasteiger partial charge in [0.25, 0.3) is 0 Å². The van der Waals surface area contributed by atoms with E-state index in [1.54, 1.807) is 0 Å². The summed E-state index contributed by atoms with van der Waals surface area (Å²) in [5.74, 6) is 1.46. The van der Waals surface area contributed by atoms with Crippen molar-refractivity contribution in [3.8, 4) is 0 Å². The fourth-order valence-corrected chi connectivity index (χ4v) is 3.23. The molecular formula is C19H27LiN+. The van der Waals surface area contributed by atoms with Crippen LogP contribution in [0.2, 0.25) is 0 Å². The molecule has 1 saturated carbocycles. The molecule has 3 unspecified atom stereocenters. The number of nitrogens with zero attached hydrogens (tertiary/aromatic N) is 1. The zero-order chi connectivity index (χ0) is 14.4. The number of anilines is 1. The van der Waals surface area contributed by atoms with E-state index in [0.717, 1.165) is 5.92 Å². The molecule has 0 N–H and O–H groups in total. The van der Waals surface area contributed by atoms with Crippen molar-refractivity contribution in [2.45, 2.75) is 39.2 Å². The molecule has 3 rings (SSSR count). The number of fused-ring (bicyclic) bond motifs is 1. The minimum Gasteiger partial charge on any atom is -0.371 e. The third-order valence-electron chi connectivity index (χ3n) is 4.20. The van der Waals surface area contributed by atoms with E-state index in [9.17, 15) is 0 Å². The van der Waals surface area contributed by atoms with Gasteiger partial charge in [0.1, 0.15) is 0 Å². The van der Waals surface area contributed by atoms with E-state index in [1.807, 2.05) is 0 Å². The summed E-state index contributed by atoms with van der Waals surface area (Å²) < 4.78 is 0. The van der Waals surface area contributed by atoms with Gasteiger partial charge in [0, 0.05) is 24.7 Å². The van der Waals surface area contributed by atoms with Gasteiger partial charge in [0.05, 0.1) is 0 Å². The van der Waals surface area contributed by atoms with Crippen molar-refractivity contribution < 1.29 is 18.9 Å². The van der Waals surface area contributed by atoms with Crippen LogP contribution < -0.4 is 23.8 Å². The molecule has 0 saturated heterocycles. The predicted molar refractivity (Wildman–Crippen MR) is 89.1 cm³/mol. The van der Waals surface area contributed by atoms with Crippen LogP contribution in [0.4, 0.5) is 5.69 Å². The zero-order valence-corrected chi connectivity index (χ0v) is 14.0. The fourth-order valence-electron chi connectivity index (χ4n) is 3.23. The molecule has 3 atom stereocenters. The maximum Gasteiger partial charge on any atom is 1.00 e. The van der Waals surface area contributed by atoms with Crippen molar-refractivity contribution in [1.29, 1.82) is 0 Å². The Morgan fingerprint density at radius 1 is 1.00 bits per heavy atom. The average Bonchev–Trinajstić information content (AvgIpc) is 2.92. The van der Waals surface area contributed by atoms with Gasteiger partial charge in [0.15, 0.2) is 0 Å². The molecule has 1 aromatic carbocycles. The molecule has 0 amide bonds.